The molecule has 0 unspecified atom stereocenters. The van der Waals surface area contributed by atoms with Crippen LogP contribution in [-0.4, -0.2) is 60.3 Å². The van der Waals surface area contributed by atoms with E-state index in [9.17, 15) is 0 Å². The van der Waals surface area contributed by atoms with Gasteiger partial charge in [0.25, 0.3) is 0 Å². The highest BCUT2D eigenvalue weighted by Crippen LogP contribution is 2.36. The minimum atomic E-state index is 0.274. The van der Waals surface area contributed by atoms with Gasteiger partial charge in [0, 0.05) is 43.5 Å². The van der Waals surface area contributed by atoms with Crippen LogP contribution >= 0.6 is 0 Å². The molecule has 0 aromatic carbocycles. The Balaban J connectivity index is 1.84. The van der Waals surface area contributed by atoms with Gasteiger partial charge in [0.05, 0.1) is 13.2 Å². The summed E-state index contributed by atoms with van der Waals surface area (Å²) >= 11 is 0. The van der Waals surface area contributed by atoms with Crippen molar-refractivity contribution in [1.82, 2.24) is 14.9 Å². The Labute approximate surface area is 146 Å². The summed E-state index contributed by atoms with van der Waals surface area (Å²) in [5.74, 6) is 1.96. The van der Waals surface area contributed by atoms with Crippen molar-refractivity contribution in [2.24, 2.45) is 0 Å². The van der Waals surface area contributed by atoms with Gasteiger partial charge in [-0.25, -0.2) is 9.97 Å². The normalized spacial score (nSPS) is 21.7. The van der Waals surface area contributed by atoms with Crippen molar-refractivity contribution >= 4 is 5.82 Å². The molecule has 0 bridgehead atoms. The van der Waals surface area contributed by atoms with Crippen molar-refractivity contribution < 1.29 is 4.74 Å². The molecular formula is C19H32N4O. The number of anilines is 1. The zero-order chi connectivity index (χ0) is 17.2. The lowest BCUT2D eigenvalue weighted by molar-refractivity contribution is -0.0339. The lowest BCUT2D eigenvalue weighted by Gasteiger charge is -2.50. The number of nitrogens with zero attached hydrogens (tertiary/aromatic N) is 4. The van der Waals surface area contributed by atoms with E-state index in [0.29, 0.717) is 0 Å². The van der Waals surface area contributed by atoms with E-state index in [4.69, 9.17) is 9.72 Å². The number of hydrogen-bond acceptors (Lipinski definition) is 5. The molecule has 0 radical (unpaired) electrons. The van der Waals surface area contributed by atoms with Crippen LogP contribution in [0.3, 0.4) is 0 Å². The van der Waals surface area contributed by atoms with E-state index < -0.39 is 0 Å². The predicted octanol–water partition coefficient (Wildman–Crippen LogP) is 2.87. The van der Waals surface area contributed by atoms with Crippen LogP contribution < -0.4 is 4.90 Å². The van der Waals surface area contributed by atoms with E-state index in [1.165, 1.54) is 37.7 Å². The summed E-state index contributed by atoms with van der Waals surface area (Å²) in [5, 5.41) is 0. The maximum Gasteiger partial charge on any atom is 0.135 e. The molecule has 134 valence electrons. The van der Waals surface area contributed by atoms with Crippen molar-refractivity contribution in [3.63, 3.8) is 0 Å². The van der Waals surface area contributed by atoms with Gasteiger partial charge in [-0.1, -0.05) is 19.3 Å². The Morgan fingerprint density at radius 1 is 1.04 bits per heavy atom. The third-order valence-electron chi connectivity index (χ3n) is 5.83. The van der Waals surface area contributed by atoms with Gasteiger partial charge in [-0.3, -0.25) is 4.90 Å². The van der Waals surface area contributed by atoms with Crippen molar-refractivity contribution in [2.75, 3.05) is 44.8 Å². The molecule has 1 aliphatic heterocycles. The first-order valence-corrected chi connectivity index (χ1v) is 9.38. The van der Waals surface area contributed by atoms with Crippen LogP contribution in [0.25, 0.3) is 0 Å². The highest BCUT2D eigenvalue weighted by molar-refractivity contribution is 5.48. The quantitative estimate of drug-likeness (QED) is 0.848. The molecule has 1 aliphatic carbocycles. The molecule has 24 heavy (non-hydrogen) atoms. The molecule has 1 aromatic rings. The molecule has 1 aromatic heterocycles. The van der Waals surface area contributed by atoms with E-state index >= 15 is 0 Å². The summed E-state index contributed by atoms with van der Waals surface area (Å²) in [6.45, 7) is 11.1. The third kappa shape index (κ3) is 3.57. The molecule has 3 rings (SSSR count). The third-order valence-corrected chi connectivity index (χ3v) is 5.83. The highest BCUT2D eigenvalue weighted by atomic mass is 16.5. The summed E-state index contributed by atoms with van der Waals surface area (Å²) in [6, 6.07) is 0. The topological polar surface area (TPSA) is 41.5 Å². The Morgan fingerprint density at radius 2 is 1.71 bits per heavy atom. The molecule has 1 saturated heterocycles. The predicted molar refractivity (Wildman–Crippen MR) is 97.7 cm³/mol. The Bertz CT molecular complexity index is 563. The molecule has 2 aliphatic rings. The van der Waals surface area contributed by atoms with Crippen LogP contribution in [0.4, 0.5) is 5.82 Å². The standard InChI is InChI=1S/C19H32N4O/c1-15-16(2)20-17(3)21-18(15)22(4)14-19(8-6-5-7-9-19)23-10-12-24-13-11-23/h5-14H2,1-4H3. The minimum absolute atomic E-state index is 0.274. The van der Waals surface area contributed by atoms with E-state index in [1.54, 1.807) is 0 Å². The second-order valence-corrected chi connectivity index (χ2v) is 7.55. The highest BCUT2D eigenvalue weighted by Gasteiger charge is 2.39. The molecular weight excluding hydrogens is 300 g/mol. The van der Waals surface area contributed by atoms with Crippen LogP contribution in [0.1, 0.15) is 49.2 Å². The fraction of sp³-hybridized carbons (Fsp3) is 0.789. The number of morpholine rings is 1. The number of likely N-dealkylation sites (N-methyl/N-ethyl adjacent to an activating group) is 1. The molecule has 0 N–H and O–H groups in total. The van der Waals surface area contributed by atoms with Gasteiger partial charge < -0.3 is 9.64 Å². The van der Waals surface area contributed by atoms with Crippen LogP contribution in [0.5, 0.6) is 0 Å². The molecule has 0 amide bonds. The monoisotopic (exact) mass is 332 g/mol. The smallest absolute Gasteiger partial charge is 0.135 e. The summed E-state index contributed by atoms with van der Waals surface area (Å²) in [4.78, 5) is 14.3. The number of aryl methyl sites for hydroxylation is 2. The number of rotatable bonds is 4. The van der Waals surface area contributed by atoms with Gasteiger partial charge in [-0.05, 0) is 33.6 Å². The first-order chi connectivity index (χ1) is 11.5. The molecule has 2 fully saturated rings. The average Bonchev–Trinajstić information content (AvgIpc) is 2.59. The summed E-state index contributed by atoms with van der Waals surface area (Å²) < 4.78 is 5.60. The lowest BCUT2D eigenvalue weighted by atomic mass is 9.79. The van der Waals surface area contributed by atoms with E-state index in [-0.39, 0.29) is 5.54 Å². The van der Waals surface area contributed by atoms with Gasteiger partial charge in [0.2, 0.25) is 0 Å². The minimum Gasteiger partial charge on any atom is -0.379 e. The fourth-order valence-corrected chi connectivity index (χ4v) is 4.46. The Morgan fingerprint density at radius 3 is 2.38 bits per heavy atom. The van der Waals surface area contributed by atoms with Crippen LogP contribution in [0.15, 0.2) is 0 Å². The van der Waals surface area contributed by atoms with Gasteiger partial charge in [0.15, 0.2) is 0 Å². The molecule has 5 heteroatoms. The van der Waals surface area contributed by atoms with Gasteiger partial charge in [0.1, 0.15) is 11.6 Å². The van der Waals surface area contributed by atoms with Crippen LogP contribution in [-0.2, 0) is 4.74 Å². The summed E-state index contributed by atoms with van der Waals surface area (Å²) in [6.07, 6.45) is 6.64. The zero-order valence-corrected chi connectivity index (χ0v) is 15.8. The second kappa shape index (κ2) is 7.36. The first-order valence-electron chi connectivity index (χ1n) is 9.38. The Hall–Kier alpha value is -1.20. The lowest BCUT2D eigenvalue weighted by Crippen LogP contribution is -2.59. The van der Waals surface area contributed by atoms with Crippen molar-refractivity contribution in [2.45, 2.75) is 58.4 Å². The number of ether oxygens (including phenoxy) is 1. The largest absolute Gasteiger partial charge is 0.379 e. The van der Waals surface area contributed by atoms with Gasteiger partial charge >= 0.3 is 0 Å². The number of aromatic nitrogens is 2. The average molecular weight is 332 g/mol. The fourth-order valence-electron chi connectivity index (χ4n) is 4.46. The maximum atomic E-state index is 5.60. The van der Waals surface area contributed by atoms with E-state index in [0.717, 1.165) is 50.2 Å². The Kier molecular flexibility index (Phi) is 5.40. The molecule has 2 heterocycles. The van der Waals surface area contributed by atoms with Crippen LogP contribution in [0.2, 0.25) is 0 Å². The van der Waals surface area contributed by atoms with Crippen molar-refractivity contribution in [1.29, 1.82) is 0 Å². The summed E-state index contributed by atoms with van der Waals surface area (Å²) in [7, 11) is 2.20. The molecule has 0 atom stereocenters. The van der Waals surface area contributed by atoms with Crippen molar-refractivity contribution in [3.05, 3.63) is 17.1 Å². The molecule has 1 saturated carbocycles. The maximum absolute atomic E-state index is 5.60. The first kappa shape index (κ1) is 17.6. The van der Waals surface area contributed by atoms with Gasteiger partial charge in [-0.15, -0.1) is 0 Å². The summed E-state index contributed by atoms with van der Waals surface area (Å²) in [5.41, 5.74) is 2.57. The zero-order valence-electron chi connectivity index (χ0n) is 15.8. The van der Waals surface area contributed by atoms with Crippen LogP contribution in [0, 0.1) is 20.8 Å². The number of hydrogen-bond donors (Lipinski definition) is 0. The SMILES string of the molecule is Cc1nc(C)c(C)c(N(C)CC2(N3CCOCC3)CCCCC2)n1. The molecule has 0 spiro atoms. The van der Waals surface area contributed by atoms with Gasteiger partial charge in [-0.2, -0.15) is 0 Å². The molecule has 5 nitrogen and oxygen atoms in total. The van der Waals surface area contributed by atoms with E-state index in [2.05, 4.69) is 35.7 Å². The van der Waals surface area contributed by atoms with Crippen molar-refractivity contribution in [3.8, 4) is 0 Å². The van der Waals surface area contributed by atoms with E-state index in [1.807, 2.05) is 6.92 Å². The second-order valence-electron chi connectivity index (χ2n) is 7.55.